The molecule has 1 heteroatoms. The summed E-state index contributed by atoms with van der Waals surface area (Å²) in [6, 6.07) is 15.1. The van der Waals surface area contributed by atoms with Crippen molar-refractivity contribution >= 4 is 0 Å². The van der Waals surface area contributed by atoms with E-state index in [0.717, 1.165) is 12.8 Å². The van der Waals surface area contributed by atoms with E-state index < -0.39 is 0 Å². The first kappa shape index (κ1) is 9.59. The van der Waals surface area contributed by atoms with Gasteiger partial charge in [0.15, 0.2) is 0 Å². The fraction of sp³-hybridized carbons (Fsp3) is 0.267. The molecule has 1 atom stereocenters. The summed E-state index contributed by atoms with van der Waals surface area (Å²) in [4.78, 5) is 4.45. The van der Waals surface area contributed by atoms with Crippen molar-refractivity contribution in [1.82, 2.24) is 4.98 Å². The summed E-state index contributed by atoms with van der Waals surface area (Å²) >= 11 is 0. The van der Waals surface area contributed by atoms with Crippen LogP contribution in [0.15, 0.2) is 48.7 Å². The Balaban J connectivity index is 1.89. The highest BCUT2D eigenvalue weighted by Gasteiger charge is 2.19. The lowest BCUT2D eigenvalue weighted by Gasteiger charge is -2.23. The molecule has 0 amide bonds. The molecular weight excluding hydrogens is 194 g/mol. The lowest BCUT2D eigenvalue weighted by atomic mass is 9.82. The minimum absolute atomic E-state index is 0.679. The highest BCUT2D eigenvalue weighted by Crippen LogP contribution is 2.31. The molecule has 2 aromatic rings. The fourth-order valence-electron chi connectivity index (χ4n) is 2.57. The zero-order valence-electron chi connectivity index (χ0n) is 9.26. The maximum absolute atomic E-state index is 4.45. The number of aryl methyl sites for hydroxylation is 1. The van der Waals surface area contributed by atoms with Crippen LogP contribution in [0.1, 0.15) is 29.2 Å². The summed E-state index contributed by atoms with van der Waals surface area (Å²) in [6.45, 7) is 0. The number of pyridine rings is 1. The number of benzene rings is 1. The zero-order valence-corrected chi connectivity index (χ0v) is 9.26. The molecule has 0 bridgehead atoms. The van der Waals surface area contributed by atoms with Gasteiger partial charge in [-0.1, -0.05) is 36.4 Å². The molecule has 16 heavy (non-hydrogen) atoms. The summed E-state index contributed by atoms with van der Waals surface area (Å²) in [6.07, 6.45) is 5.40. The first-order valence-corrected chi connectivity index (χ1v) is 5.91. The molecule has 1 unspecified atom stereocenters. The molecule has 1 aliphatic rings. The van der Waals surface area contributed by atoms with Gasteiger partial charge in [0, 0.05) is 11.9 Å². The molecule has 1 aromatic heterocycles. The molecule has 0 spiro atoms. The van der Waals surface area contributed by atoms with Gasteiger partial charge in [-0.3, -0.25) is 4.98 Å². The third-order valence-electron chi connectivity index (χ3n) is 3.45. The summed E-state index contributed by atoms with van der Waals surface area (Å²) in [7, 11) is 0. The van der Waals surface area contributed by atoms with E-state index in [1.54, 1.807) is 0 Å². The molecular formula is C15H15N. The van der Waals surface area contributed by atoms with Crippen molar-refractivity contribution in [3.05, 3.63) is 65.5 Å². The molecule has 0 fully saturated rings. The summed E-state index contributed by atoms with van der Waals surface area (Å²) in [5, 5.41) is 0. The second-order valence-corrected chi connectivity index (χ2v) is 4.46. The Labute approximate surface area is 96.2 Å². The predicted molar refractivity (Wildman–Crippen MR) is 65.4 cm³/mol. The first-order valence-electron chi connectivity index (χ1n) is 5.91. The van der Waals surface area contributed by atoms with Crippen LogP contribution in [-0.2, 0) is 12.8 Å². The largest absolute Gasteiger partial charge is 0.261 e. The van der Waals surface area contributed by atoms with Crippen molar-refractivity contribution in [3.8, 4) is 0 Å². The fourth-order valence-corrected chi connectivity index (χ4v) is 2.57. The number of fused-ring (bicyclic) bond motifs is 1. The molecule has 0 saturated heterocycles. The highest BCUT2D eigenvalue weighted by atomic mass is 14.7. The minimum Gasteiger partial charge on any atom is -0.261 e. The molecule has 80 valence electrons. The lowest BCUT2D eigenvalue weighted by molar-refractivity contribution is 0.574. The van der Waals surface area contributed by atoms with Crippen molar-refractivity contribution in [2.45, 2.75) is 25.2 Å². The van der Waals surface area contributed by atoms with Crippen molar-refractivity contribution in [1.29, 1.82) is 0 Å². The standard InChI is InChI=1S/C15H15N/c1-2-5-12(6-3-1)13-8-9-15-14(11-13)7-4-10-16-15/h1-7,10,13H,8-9,11H2. The van der Waals surface area contributed by atoms with E-state index in [9.17, 15) is 0 Å². The van der Waals surface area contributed by atoms with Gasteiger partial charge in [0.2, 0.25) is 0 Å². The van der Waals surface area contributed by atoms with Crippen molar-refractivity contribution in [2.24, 2.45) is 0 Å². The van der Waals surface area contributed by atoms with Crippen LogP contribution < -0.4 is 0 Å². The van der Waals surface area contributed by atoms with E-state index in [4.69, 9.17) is 0 Å². The van der Waals surface area contributed by atoms with E-state index in [2.05, 4.69) is 41.4 Å². The smallest absolute Gasteiger partial charge is 0.0435 e. The summed E-state index contributed by atoms with van der Waals surface area (Å²) in [5.41, 5.74) is 4.20. The minimum atomic E-state index is 0.679. The van der Waals surface area contributed by atoms with Gasteiger partial charge in [0.05, 0.1) is 0 Å². The summed E-state index contributed by atoms with van der Waals surface area (Å²) < 4.78 is 0. The van der Waals surface area contributed by atoms with Crippen LogP contribution >= 0.6 is 0 Å². The van der Waals surface area contributed by atoms with Crippen LogP contribution in [0.4, 0.5) is 0 Å². The van der Waals surface area contributed by atoms with Gasteiger partial charge in [-0.05, 0) is 42.4 Å². The van der Waals surface area contributed by atoms with Crippen molar-refractivity contribution < 1.29 is 0 Å². The number of hydrogen-bond acceptors (Lipinski definition) is 1. The maximum Gasteiger partial charge on any atom is 0.0435 e. The quantitative estimate of drug-likeness (QED) is 0.702. The topological polar surface area (TPSA) is 12.9 Å². The number of hydrogen-bond donors (Lipinski definition) is 0. The number of aromatic nitrogens is 1. The van der Waals surface area contributed by atoms with Gasteiger partial charge in [-0.15, -0.1) is 0 Å². The zero-order chi connectivity index (χ0) is 10.8. The lowest BCUT2D eigenvalue weighted by Crippen LogP contribution is -2.13. The molecule has 1 aromatic carbocycles. The van der Waals surface area contributed by atoms with E-state index >= 15 is 0 Å². The number of rotatable bonds is 1. The Morgan fingerprint density at radius 2 is 1.88 bits per heavy atom. The first-order chi connectivity index (χ1) is 7.93. The average Bonchev–Trinajstić information content (AvgIpc) is 2.39. The van der Waals surface area contributed by atoms with Crippen LogP contribution in [0.25, 0.3) is 0 Å². The van der Waals surface area contributed by atoms with Crippen molar-refractivity contribution in [3.63, 3.8) is 0 Å². The third kappa shape index (κ3) is 1.73. The Morgan fingerprint density at radius 1 is 1.00 bits per heavy atom. The third-order valence-corrected chi connectivity index (χ3v) is 3.45. The molecule has 3 rings (SSSR count). The Kier molecular flexibility index (Phi) is 2.45. The monoisotopic (exact) mass is 209 g/mol. The molecule has 1 heterocycles. The van der Waals surface area contributed by atoms with Crippen LogP contribution in [0, 0.1) is 0 Å². The Hall–Kier alpha value is -1.63. The average molecular weight is 209 g/mol. The molecule has 0 radical (unpaired) electrons. The van der Waals surface area contributed by atoms with E-state index in [1.807, 2.05) is 12.3 Å². The maximum atomic E-state index is 4.45. The van der Waals surface area contributed by atoms with Gasteiger partial charge in [-0.25, -0.2) is 0 Å². The second kappa shape index (κ2) is 4.09. The molecule has 1 aliphatic carbocycles. The van der Waals surface area contributed by atoms with E-state index in [1.165, 1.54) is 23.2 Å². The molecule has 0 N–H and O–H groups in total. The molecule has 0 aliphatic heterocycles. The molecule has 0 saturated carbocycles. The van der Waals surface area contributed by atoms with Crippen LogP contribution in [0.5, 0.6) is 0 Å². The summed E-state index contributed by atoms with van der Waals surface area (Å²) in [5.74, 6) is 0.679. The van der Waals surface area contributed by atoms with Gasteiger partial charge in [0.1, 0.15) is 0 Å². The second-order valence-electron chi connectivity index (χ2n) is 4.46. The van der Waals surface area contributed by atoms with E-state index in [-0.39, 0.29) is 0 Å². The van der Waals surface area contributed by atoms with Gasteiger partial charge < -0.3 is 0 Å². The van der Waals surface area contributed by atoms with Gasteiger partial charge in [-0.2, -0.15) is 0 Å². The number of nitrogens with zero attached hydrogens (tertiary/aromatic N) is 1. The molecule has 1 nitrogen and oxygen atoms in total. The van der Waals surface area contributed by atoms with E-state index in [0.29, 0.717) is 5.92 Å². The van der Waals surface area contributed by atoms with Crippen LogP contribution in [-0.4, -0.2) is 4.98 Å². The Morgan fingerprint density at radius 3 is 2.75 bits per heavy atom. The van der Waals surface area contributed by atoms with Gasteiger partial charge >= 0.3 is 0 Å². The normalized spacial score (nSPS) is 19.1. The van der Waals surface area contributed by atoms with Crippen LogP contribution in [0.2, 0.25) is 0 Å². The SMILES string of the molecule is c1ccc(C2CCc3ncccc3C2)cc1. The highest BCUT2D eigenvalue weighted by molar-refractivity contribution is 5.29. The van der Waals surface area contributed by atoms with Crippen molar-refractivity contribution in [2.75, 3.05) is 0 Å². The van der Waals surface area contributed by atoms with Gasteiger partial charge in [0.25, 0.3) is 0 Å². The predicted octanol–water partition coefficient (Wildman–Crippen LogP) is 3.35. The Bertz CT molecular complexity index is 476. The van der Waals surface area contributed by atoms with Crippen LogP contribution in [0.3, 0.4) is 0 Å².